The smallest absolute Gasteiger partial charge is 0.161 e. The standard InChI is InChI=1S/C18H26O3/c1-11-9-14-13(17(20)10-15(14)18(11)21)7-4-8-16(19)12-5-2-3-6-12/h4,7,12-17,19-20H,1-3,5-6,8-10H2/b7-4+/t13-,14-,15-,16?,17+/m0/s1. The number of carbonyl (C=O) groups is 1. The quantitative estimate of drug-likeness (QED) is 0.618. The van der Waals surface area contributed by atoms with Crippen molar-refractivity contribution >= 4 is 5.78 Å². The first kappa shape index (κ1) is 15.0. The molecule has 0 aromatic carbocycles. The number of aliphatic hydroxyl groups is 2. The Labute approximate surface area is 126 Å². The Morgan fingerprint density at radius 3 is 2.76 bits per heavy atom. The predicted molar refractivity (Wildman–Crippen MR) is 81.6 cm³/mol. The molecule has 5 atom stereocenters. The summed E-state index contributed by atoms with van der Waals surface area (Å²) in [5.74, 6) is 0.848. The van der Waals surface area contributed by atoms with Crippen molar-refractivity contribution in [3.8, 4) is 0 Å². The monoisotopic (exact) mass is 290 g/mol. The minimum atomic E-state index is -0.420. The van der Waals surface area contributed by atoms with Gasteiger partial charge in [0.2, 0.25) is 0 Å². The van der Waals surface area contributed by atoms with Gasteiger partial charge < -0.3 is 10.2 Å². The summed E-state index contributed by atoms with van der Waals surface area (Å²) >= 11 is 0. The van der Waals surface area contributed by atoms with Crippen molar-refractivity contribution in [2.75, 3.05) is 0 Å². The van der Waals surface area contributed by atoms with E-state index in [2.05, 4.69) is 6.58 Å². The van der Waals surface area contributed by atoms with Crippen LogP contribution in [0.3, 0.4) is 0 Å². The first-order chi connectivity index (χ1) is 10.1. The molecule has 0 spiro atoms. The van der Waals surface area contributed by atoms with E-state index >= 15 is 0 Å². The van der Waals surface area contributed by atoms with E-state index in [1.807, 2.05) is 12.2 Å². The molecule has 3 aliphatic carbocycles. The normalized spacial score (nSPS) is 38.6. The van der Waals surface area contributed by atoms with Crippen molar-refractivity contribution in [3.05, 3.63) is 24.3 Å². The molecule has 3 saturated carbocycles. The molecule has 1 unspecified atom stereocenters. The summed E-state index contributed by atoms with van der Waals surface area (Å²) in [7, 11) is 0. The molecule has 21 heavy (non-hydrogen) atoms. The number of fused-ring (bicyclic) bond motifs is 1. The SMILES string of the molecule is C=C1C[C@H]2[C@H](/C=C/CC(O)C3CCCC3)[C@H](O)C[C@@H]2C1=O. The Morgan fingerprint density at radius 2 is 2.05 bits per heavy atom. The van der Waals surface area contributed by atoms with Crippen molar-refractivity contribution in [2.24, 2.45) is 23.7 Å². The summed E-state index contributed by atoms with van der Waals surface area (Å²) in [5, 5.41) is 20.4. The van der Waals surface area contributed by atoms with E-state index in [0.717, 1.165) is 24.8 Å². The molecule has 116 valence electrons. The zero-order valence-electron chi connectivity index (χ0n) is 12.6. The minimum absolute atomic E-state index is 0.0260. The summed E-state index contributed by atoms with van der Waals surface area (Å²) in [6.45, 7) is 3.84. The summed E-state index contributed by atoms with van der Waals surface area (Å²) in [5.41, 5.74) is 0.723. The molecule has 3 fully saturated rings. The van der Waals surface area contributed by atoms with Crippen molar-refractivity contribution in [1.82, 2.24) is 0 Å². The van der Waals surface area contributed by atoms with Crippen LogP contribution in [0.5, 0.6) is 0 Å². The van der Waals surface area contributed by atoms with Crippen LogP contribution in [-0.4, -0.2) is 28.2 Å². The van der Waals surface area contributed by atoms with Crippen LogP contribution in [0, 0.1) is 23.7 Å². The lowest BCUT2D eigenvalue weighted by Gasteiger charge is -2.18. The maximum atomic E-state index is 12.0. The molecule has 0 radical (unpaired) electrons. The fourth-order valence-corrected chi connectivity index (χ4v) is 4.55. The van der Waals surface area contributed by atoms with Crippen LogP contribution in [0.2, 0.25) is 0 Å². The van der Waals surface area contributed by atoms with Gasteiger partial charge in [-0.05, 0) is 49.5 Å². The Morgan fingerprint density at radius 1 is 1.33 bits per heavy atom. The number of hydrogen-bond donors (Lipinski definition) is 2. The largest absolute Gasteiger partial charge is 0.393 e. The molecule has 3 heteroatoms. The second kappa shape index (κ2) is 6.05. The van der Waals surface area contributed by atoms with Gasteiger partial charge in [-0.3, -0.25) is 4.79 Å². The molecule has 3 rings (SSSR count). The predicted octanol–water partition coefficient (Wildman–Crippen LogP) is 2.63. The fraction of sp³-hybridized carbons (Fsp3) is 0.722. The average molecular weight is 290 g/mol. The van der Waals surface area contributed by atoms with E-state index in [9.17, 15) is 15.0 Å². The van der Waals surface area contributed by atoms with E-state index in [-0.39, 0.29) is 29.6 Å². The molecule has 0 amide bonds. The second-order valence-electron chi connectivity index (χ2n) is 7.10. The number of hydrogen-bond acceptors (Lipinski definition) is 3. The van der Waals surface area contributed by atoms with Gasteiger partial charge in [0, 0.05) is 11.8 Å². The highest BCUT2D eigenvalue weighted by Crippen LogP contribution is 2.48. The summed E-state index contributed by atoms with van der Waals surface area (Å²) < 4.78 is 0. The second-order valence-corrected chi connectivity index (χ2v) is 7.10. The van der Waals surface area contributed by atoms with E-state index in [1.54, 1.807) is 0 Å². The van der Waals surface area contributed by atoms with E-state index in [0.29, 0.717) is 18.8 Å². The lowest BCUT2D eigenvalue weighted by molar-refractivity contribution is -0.118. The third kappa shape index (κ3) is 2.86. The van der Waals surface area contributed by atoms with Crippen LogP contribution >= 0.6 is 0 Å². The van der Waals surface area contributed by atoms with Crippen molar-refractivity contribution < 1.29 is 15.0 Å². The van der Waals surface area contributed by atoms with Gasteiger partial charge in [0.25, 0.3) is 0 Å². The summed E-state index contributed by atoms with van der Waals surface area (Å²) in [6, 6.07) is 0. The molecule has 2 N–H and O–H groups in total. The summed E-state index contributed by atoms with van der Waals surface area (Å²) in [6.07, 6.45) is 10.1. The number of rotatable bonds is 4. The molecule has 3 nitrogen and oxygen atoms in total. The Bertz CT molecular complexity index is 447. The van der Waals surface area contributed by atoms with E-state index in [4.69, 9.17) is 0 Å². The molecule has 0 heterocycles. The highest BCUT2D eigenvalue weighted by molar-refractivity contribution is 5.99. The van der Waals surface area contributed by atoms with Crippen molar-refractivity contribution in [2.45, 2.75) is 57.2 Å². The van der Waals surface area contributed by atoms with Gasteiger partial charge in [-0.25, -0.2) is 0 Å². The van der Waals surface area contributed by atoms with Gasteiger partial charge in [0.1, 0.15) is 0 Å². The van der Waals surface area contributed by atoms with Crippen molar-refractivity contribution in [3.63, 3.8) is 0 Å². The third-order valence-corrected chi connectivity index (χ3v) is 5.80. The molecular weight excluding hydrogens is 264 g/mol. The van der Waals surface area contributed by atoms with E-state index in [1.165, 1.54) is 12.8 Å². The average Bonchev–Trinajstić information content (AvgIpc) is 3.13. The van der Waals surface area contributed by atoms with Crippen LogP contribution in [0.4, 0.5) is 0 Å². The van der Waals surface area contributed by atoms with Gasteiger partial charge in [0.05, 0.1) is 12.2 Å². The number of carbonyl (C=O) groups excluding carboxylic acids is 1. The van der Waals surface area contributed by atoms with Gasteiger partial charge in [-0.2, -0.15) is 0 Å². The zero-order valence-corrected chi connectivity index (χ0v) is 12.6. The molecule has 0 bridgehead atoms. The molecular formula is C18H26O3. The van der Waals surface area contributed by atoms with Crippen molar-refractivity contribution in [1.29, 1.82) is 0 Å². The number of aliphatic hydroxyl groups excluding tert-OH is 2. The number of ketones is 1. The first-order valence-corrected chi connectivity index (χ1v) is 8.32. The maximum absolute atomic E-state index is 12.0. The van der Waals surface area contributed by atoms with Crippen LogP contribution in [-0.2, 0) is 4.79 Å². The Kier molecular flexibility index (Phi) is 4.32. The molecule has 3 aliphatic rings. The molecule has 0 aromatic rings. The molecule has 0 saturated heterocycles. The Hall–Kier alpha value is -0.930. The van der Waals surface area contributed by atoms with Crippen LogP contribution < -0.4 is 0 Å². The maximum Gasteiger partial charge on any atom is 0.161 e. The lowest BCUT2D eigenvalue weighted by Crippen LogP contribution is -2.18. The lowest BCUT2D eigenvalue weighted by atomic mass is 9.90. The van der Waals surface area contributed by atoms with E-state index < -0.39 is 6.10 Å². The summed E-state index contributed by atoms with van der Waals surface area (Å²) in [4.78, 5) is 12.0. The highest BCUT2D eigenvalue weighted by atomic mass is 16.3. The van der Waals surface area contributed by atoms with Crippen LogP contribution in [0.1, 0.15) is 44.9 Å². The fourth-order valence-electron chi connectivity index (χ4n) is 4.55. The van der Waals surface area contributed by atoms with Gasteiger partial charge >= 0.3 is 0 Å². The highest BCUT2D eigenvalue weighted by Gasteiger charge is 2.49. The van der Waals surface area contributed by atoms with Gasteiger partial charge in [-0.1, -0.05) is 31.6 Å². The third-order valence-electron chi connectivity index (χ3n) is 5.80. The van der Waals surface area contributed by atoms with Crippen LogP contribution in [0.15, 0.2) is 24.3 Å². The number of allylic oxidation sites excluding steroid dienone is 1. The number of Topliss-reactive ketones (excluding diaryl/α,β-unsaturated/α-hetero) is 1. The first-order valence-electron chi connectivity index (χ1n) is 8.32. The Balaban J connectivity index is 1.57. The minimum Gasteiger partial charge on any atom is -0.393 e. The molecule has 0 aromatic heterocycles. The molecule has 0 aliphatic heterocycles. The van der Waals surface area contributed by atoms with Gasteiger partial charge in [-0.15, -0.1) is 0 Å². The topological polar surface area (TPSA) is 57.5 Å². The van der Waals surface area contributed by atoms with Crippen LogP contribution in [0.25, 0.3) is 0 Å². The van der Waals surface area contributed by atoms with Gasteiger partial charge in [0.15, 0.2) is 5.78 Å². The zero-order chi connectivity index (χ0) is 15.0.